The Labute approximate surface area is 165 Å². The number of hydrogen-bond acceptors (Lipinski definition) is 3. The smallest absolute Gasteiger partial charge is 0.267 e. The molecule has 3 aromatic rings. The summed E-state index contributed by atoms with van der Waals surface area (Å²) in [7, 11) is 0. The van der Waals surface area contributed by atoms with Gasteiger partial charge in [0, 0.05) is 21.7 Å². The number of hydrogen-bond donors (Lipinski definition) is 1. The zero-order valence-corrected chi connectivity index (χ0v) is 16.4. The molecule has 0 saturated heterocycles. The Kier molecular flexibility index (Phi) is 5.82. The Morgan fingerprint density at radius 1 is 1.08 bits per heavy atom. The number of amides is 1. The molecule has 0 bridgehead atoms. The zero-order chi connectivity index (χ0) is 18.5. The molecule has 0 saturated carbocycles. The molecule has 1 amide bonds. The lowest BCUT2D eigenvalue weighted by Crippen LogP contribution is -2.36. The van der Waals surface area contributed by atoms with Gasteiger partial charge in [0.15, 0.2) is 0 Å². The van der Waals surface area contributed by atoms with Crippen molar-refractivity contribution in [1.29, 1.82) is 0 Å². The topological polar surface area (TPSA) is 64.0 Å². The summed E-state index contributed by atoms with van der Waals surface area (Å²) in [5.74, 6) is -0.247. The van der Waals surface area contributed by atoms with Crippen molar-refractivity contribution >= 4 is 28.5 Å². The molecule has 3 rings (SSSR count). The average Bonchev–Trinajstić information content (AvgIpc) is 2.68. The van der Waals surface area contributed by atoms with Crippen LogP contribution in [0.25, 0.3) is 11.3 Å². The first-order valence-corrected chi connectivity index (χ1v) is 9.30. The van der Waals surface area contributed by atoms with Gasteiger partial charge in [-0.15, -0.1) is 0 Å². The molecule has 132 valence electrons. The summed E-state index contributed by atoms with van der Waals surface area (Å²) in [5.41, 5.74) is 2.25. The first-order chi connectivity index (χ1) is 12.5. The van der Waals surface area contributed by atoms with E-state index in [1.54, 1.807) is 13.0 Å². The minimum absolute atomic E-state index is 0.247. The molecule has 0 aliphatic carbocycles. The second-order valence-corrected chi connectivity index (χ2v) is 7.13. The molecular weight excluding hydrogens is 441 g/mol. The lowest BCUT2D eigenvalue weighted by Gasteiger charge is -2.15. The Bertz CT molecular complexity index is 953. The van der Waals surface area contributed by atoms with Gasteiger partial charge in [-0.1, -0.05) is 42.5 Å². The van der Waals surface area contributed by atoms with Gasteiger partial charge in [-0.25, -0.2) is 4.68 Å². The van der Waals surface area contributed by atoms with E-state index in [-0.39, 0.29) is 11.5 Å². The van der Waals surface area contributed by atoms with Crippen LogP contribution in [-0.4, -0.2) is 15.7 Å². The average molecular weight is 459 g/mol. The van der Waals surface area contributed by atoms with Crippen LogP contribution in [0.1, 0.15) is 18.5 Å². The van der Waals surface area contributed by atoms with E-state index in [9.17, 15) is 9.59 Å². The largest absolute Gasteiger partial charge is 0.350 e. The summed E-state index contributed by atoms with van der Waals surface area (Å²) < 4.78 is 2.37. The van der Waals surface area contributed by atoms with E-state index in [1.165, 1.54) is 10.7 Å². The zero-order valence-electron chi connectivity index (χ0n) is 14.2. The Morgan fingerprint density at radius 2 is 1.77 bits per heavy atom. The monoisotopic (exact) mass is 459 g/mol. The molecule has 1 N–H and O–H groups in total. The van der Waals surface area contributed by atoms with Gasteiger partial charge in [-0.05, 0) is 53.3 Å². The van der Waals surface area contributed by atoms with Crippen LogP contribution in [-0.2, 0) is 11.3 Å². The minimum Gasteiger partial charge on any atom is -0.350 e. The highest BCUT2D eigenvalue weighted by molar-refractivity contribution is 14.1. The van der Waals surface area contributed by atoms with Crippen molar-refractivity contribution in [3.05, 3.63) is 86.2 Å². The number of nitrogens with one attached hydrogen (secondary N) is 1. The highest BCUT2D eigenvalue weighted by atomic mass is 127. The number of nitrogens with zero attached hydrogens (tertiary/aromatic N) is 2. The molecule has 0 aliphatic rings. The van der Waals surface area contributed by atoms with Crippen molar-refractivity contribution in [2.75, 3.05) is 0 Å². The quantitative estimate of drug-likeness (QED) is 0.596. The van der Waals surface area contributed by atoms with Crippen molar-refractivity contribution in [3.8, 4) is 11.3 Å². The summed E-state index contributed by atoms with van der Waals surface area (Å²) in [6.07, 6.45) is 0. The molecule has 0 radical (unpaired) electrons. The Morgan fingerprint density at radius 3 is 2.46 bits per heavy atom. The molecule has 0 fully saturated rings. The highest BCUT2D eigenvalue weighted by Gasteiger charge is 2.17. The van der Waals surface area contributed by atoms with E-state index in [0.717, 1.165) is 14.7 Å². The molecule has 5 nitrogen and oxygen atoms in total. The fraction of sp³-hybridized carbons (Fsp3) is 0.150. The number of carbonyl (C=O) groups excluding carboxylic acids is 1. The van der Waals surface area contributed by atoms with Crippen LogP contribution in [0.5, 0.6) is 0 Å². The van der Waals surface area contributed by atoms with E-state index in [2.05, 4.69) is 33.0 Å². The second kappa shape index (κ2) is 8.27. The Balaban J connectivity index is 1.76. The van der Waals surface area contributed by atoms with Crippen LogP contribution in [0.15, 0.2) is 71.5 Å². The van der Waals surface area contributed by atoms with Gasteiger partial charge < -0.3 is 5.32 Å². The van der Waals surface area contributed by atoms with E-state index >= 15 is 0 Å². The summed E-state index contributed by atoms with van der Waals surface area (Å²) in [6.45, 7) is 2.08. The third-order valence-electron chi connectivity index (χ3n) is 4.02. The van der Waals surface area contributed by atoms with Gasteiger partial charge in [-0.2, -0.15) is 5.10 Å². The number of rotatable bonds is 5. The van der Waals surface area contributed by atoms with Crippen molar-refractivity contribution in [2.45, 2.75) is 19.5 Å². The van der Waals surface area contributed by atoms with Crippen LogP contribution in [0.3, 0.4) is 0 Å². The second-order valence-electron chi connectivity index (χ2n) is 5.89. The number of halogens is 1. The Hall–Kier alpha value is -2.48. The van der Waals surface area contributed by atoms with Crippen LogP contribution >= 0.6 is 22.6 Å². The van der Waals surface area contributed by atoms with E-state index in [4.69, 9.17) is 0 Å². The lowest BCUT2D eigenvalue weighted by atomic mass is 10.1. The van der Waals surface area contributed by atoms with Crippen molar-refractivity contribution in [1.82, 2.24) is 15.1 Å². The van der Waals surface area contributed by atoms with Crippen molar-refractivity contribution < 1.29 is 4.79 Å². The van der Waals surface area contributed by atoms with Crippen molar-refractivity contribution in [3.63, 3.8) is 0 Å². The standard InChI is InChI=1S/C20H18IN3O2/c1-14(20(26)22-13-15-7-9-17(21)10-8-15)24-19(25)12-11-18(23-24)16-5-3-2-4-6-16/h2-12,14H,13H2,1H3,(H,22,26). The number of benzene rings is 2. The third-order valence-corrected chi connectivity index (χ3v) is 4.74. The summed E-state index contributed by atoms with van der Waals surface area (Å²) in [4.78, 5) is 24.7. The fourth-order valence-electron chi connectivity index (χ4n) is 2.52. The molecule has 2 aromatic carbocycles. The normalized spacial score (nSPS) is 11.8. The molecule has 1 unspecified atom stereocenters. The summed E-state index contributed by atoms with van der Waals surface area (Å²) in [6, 6.07) is 19.9. The van der Waals surface area contributed by atoms with Crippen LogP contribution in [0.4, 0.5) is 0 Å². The molecule has 1 atom stereocenters. The van der Waals surface area contributed by atoms with Gasteiger partial charge in [0.05, 0.1) is 5.69 Å². The summed E-state index contributed by atoms with van der Waals surface area (Å²) in [5, 5.41) is 7.23. The minimum atomic E-state index is -0.699. The molecular formula is C20H18IN3O2. The molecule has 6 heteroatoms. The maximum atomic E-state index is 12.5. The maximum absolute atomic E-state index is 12.5. The first-order valence-electron chi connectivity index (χ1n) is 8.22. The van der Waals surface area contributed by atoms with Gasteiger partial charge in [0.2, 0.25) is 5.91 Å². The first kappa shape index (κ1) is 18.3. The van der Waals surface area contributed by atoms with Crippen LogP contribution in [0, 0.1) is 3.57 Å². The SMILES string of the molecule is CC(C(=O)NCc1ccc(I)cc1)n1nc(-c2ccccc2)ccc1=O. The van der Waals surface area contributed by atoms with Crippen LogP contribution in [0.2, 0.25) is 0 Å². The van der Waals surface area contributed by atoms with Gasteiger partial charge in [-0.3, -0.25) is 9.59 Å². The summed E-state index contributed by atoms with van der Waals surface area (Å²) >= 11 is 2.23. The highest BCUT2D eigenvalue weighted by Crippen LogP contribution is 2.15. The molecule has 26 heavy (non-hydrogen) atoms. The van der Waals surface area contributed by atoms with Gasteiger partial charge in [0.1, 0.15) is 6.04 Å². The fourth-order valence-corrected chi connectivity index (χ4v) is 2.88. The predicted molar refractivity (Wildman–Crippen MR) is 110 cm³/mol. The van der Waals surface area contributed by atoms with Crippen molar-refractivity contribution in [2.24, 2.45) is 0 Å². The van der Waals surface area contributed by atoms with Gasteiger partial charge >= 0.3 is 0 Å². The van der Waals surface area contributed by atoms with E-state index in [1.807, 2.05) is 54.6 Å². The number of carbonyl (C=O) groups is 1. The van der Waals surface area contributed by atoms with Gasteiger partial charge in [0.25, 0.3) is 5.56 Å². The number of aromatic nitrogens is 2. The van der Waals surface area contributed by atoms with E-state index < -0.39 is 6.04 Å². The van der Waals surface area contributed by atoms with E-state index in [0.29, 0.717) is 12.2 Å². The molecule has 0 aliphatic heterocycles. The lowest BCUT2D eigenvalue weighted by molar-refractivity contribution is -0.124. The predicted octanol–water partition coefficient (Wildman–Crippen LogP) is 3.39. The molecule has 0 spiro atoms. The maximum Gasteiger partial charge on any atom is 0.267 e. The van der Waals surface area contributed by atoms with Crippen LogP contribution < -0.4 is 10.9 Å². The molecule has 1 heterocycles. The third kappa shape index (κ3) is 4.37. The molecule has 1 aromatic heterocycles.